The quantitative estimate of drug-likeness (QED) is 0.683. The Morgan fingerprint density at radius 1 is 1.07 bits per heavy atom. The fraction of sp³-hybridized carbons (Fsp3) is 0.100. The largest absolute Gasteiger partial charge is 0.321 e. The number of carbonyl (C=O) groups is 2. The monoisotopic (exact) mass is 376 g/mol. The van der Waals surface area contributed by atoms with Crippen LogP contribution >= 0.6 is 11.3 Å². The standard InChI is InChI=1S/C20H16N4O2S/c21-12-15-7-4-8-16(11-15)22-19(26)17-13-27-20(23-17)24-18(25)10-9-14-5-2-1-3-6-14/h1-8,11,13H,9-10H2,(H,22,26)(H,23,24,25). The molecule has 0 atom stereocenters. The number of amides is 2. The molecule has 1 aromatic heterocycles. The van der Waals surface area contributed by atoms with Crippen molar-refractivity contribution in [3.63, 3.8) is 0 Å². The molecule has 0 spiro atoms. The van der Waals surface area contributed by atoms with Crippen molar-refractivity contribution in [2.75, 3.05) is 10.6 Å². The van der Waals surface area contributed by atoms with Gasteiger partial charge in [0.2, 0.25) is 5.91 Å². The number of anilines is 2. The highest BCUT2D eigenvalue weighted by molar-refractivity contribution is 7.14. The molecule has 0 fully saturated rings. The molecule has 0 aliphatic rings. The zero-order valence-electron chi connectivity index (χ0n) is 14.3. The Bertz CT molecular complexity index is 992. The summed E-state index contributed by atoms with van der Waals surface area (Å²) in [7, 11) is 0. The van der Waals surface area contributed by atoms with Crippen molar-refractivity contribution >= 4 is 34.0 Å². The number of hydrogen-bond donors (Lipinski definition) is 2. The second-order valence-corrected chi connectivity index (χ2v) is 6.58. The number of rotatable bonds is 6. The van der Waals surface area contributed by atoms with E-state index in [0.29, 0.717) is 29.2 Å². The van der Waals surface area contributed by atoms with Crippen molar-refractivity contribution in [1.29, 1.82) is 5.26 Å². The van der Waals surface area contributed by atoms with Crippen molar-refractivity contribution < 1.29 is 9.59 Å². The van der Waals surface area contributed by atoms with Crippen LogP contribution in [0.2, 0.25) is 0 Å². The van der Waals surface area contributed by atoms with Crippen molar-refractivity contribution in [2.45, 2.75) is 12.8 Å². The van der Waals surface area contributed by atoms with E-state index in [1.807, 2.05) is 36.4 Å². The van der Waals surface area contributed by atoms with Gasteiger partial charge < -0.3 is 10.6 Å². The Balaban J connectivity index is 1.55. The SMILES string of the molecule is N#Cc1cccc(NC(=O)c2csc(NC(=O)CCc3ccccc3)n2)c1. The van der Waals surface area contributed by atoms with Gasteiger partial charge in [-0.25, -0.2) is 4.98 Å². The molecule has 0 aliphatic carbocycles. The third kappa shape index (κ3) is 5.23. The number of aromatic nitrogens is 1. The topological polar surface area (TPSA) is 94.9 Å². The number of benzene rings is 2. The van der Waals surface area contributed by atoms with E-state index in [9.17, 15) is 9.59 Å². The van der Waals surface area contributed by atoms with Crippen LogP contribution in [0.15, 0.2) is 60.0 Å². The number of carbonyl (C=O) groups excluding carboxylic acids is 2. The normalized spacial score (nSPS) is 10.0. The minimum Gasteiger partial charge on any atom is -0.321 e. The zero-order chi connectivity index (χ0) is 19.1. The average molecular weight is 376 g/mol. The van der Waals surface area contributed by atoms with Crippen LogP contribution < -0.4 is 10.6 Å². The molecule has 2 aromatic carbocycles. The van der Waals surface area contributed by atoms with Gasteiger partial charge in [0.1, 0.15) is 5.69 Å². The third-order valence-corrected chi connectivity index (χ3v) is 4.47. The summed E-state index contributed by atoms with van der Waals surface area (Å²) >= 11 is 1.19. The first-order chi connectivity index (χ1) is 13.1. The minimum absolute atomic E-state index is 0.151. The number of aryl methyl sites for hydroxylation is 1. The second kappa shape index (κ2) is 8.74. The molecule has 27 heavy (non-hydrogen) atoms. The molecule has 0 unspecified atom stereocenters. The number of nitriles is 1. The highest BCUT2D eigenvalue weighted by atomic mass is 32.1. The molecule has 2 N–H and O–H groups in total. The molecule has 0 saturated heterocycles. The van der Waals surface area contributed by atoms with Crippen LogP contribution in [0.5, 0.6) is 0 Å². The van der Waals surface area contributed by atoms with E-state index in [1.165, 1.54) is 11.3 Å². The van der Waals surface area contributed by atoms with Gasteiger partial charge >= 0.3 is 0 Å². The molecule has 0 aliphatic heterocycles. The van der Waals surface area contributed by atoms with E-state index in [4.69, 9.17) is 5.26 Å². The molecule has 1 heterocycles. The molecule has 2 amide bonds. The molecule has 3 aromatic rings. The molecule has 7 heteroatoms. The van der Waals surface area contributed by atoms with Gasteiger partial charge in [0, 0.05) is 17.5 Å². The number of nitrogens with zero attached hydrogens (tertiary/aromatic N) is 2. The highest BCUT2D eigenvalue weighted by Crippen LogP contribution is 2.18. The van der Waals surface area contributed by atoms with Crippen LogP contribution in [0.4, 0.5) is 10.8 Å². The summed E-state index contributed by atoms with van der Waals surface area (Å²) in [6.07, 6.45) is 0.979. The van der Waals surface area contributed by atoms with Gasteiger partial charge in [-0.3, -0.25) is 9.59 Å². The van der Waals surface area contributed by atoms with E-state index in [1.54, 1.807) is 29.6 Å². The maximum atomic E-state index is 12.3. The molecule has 6 nitrogen and oxygen atoms in total. The van der Waals surface area contributed by atoms with E-state index in [2.05, 4.69) is 15.6 Å². The van der Waals surface area contributed by atoms with Gasteiger partial charge in [-0.2, -0.15) is 5.26 Å². The predicted molar refractivity (Wildman–Crippen MR) is 105 cm³/mol. The summed E-state index contributed by atoms with van der Waals surface area (Å²) in [5, 5.41) is 16.3. The Kier molecular flexibility index (Phi) is 5.92. The third-order valence-electron chi connectivity index (χ3n) is 3.72. The lowest BCUT2D eigenvalue weighted by molar-refractivity contribution is -0.116. The van der Waals surface area contributed by atoms with E-state index < -0.39 is 5.91 Å². The summed E-state index contributed by atoms with van der Waals surface area (Å²) in [4.78, 5) is 28.5. The molecule has 0 bridgehead atoms. The van der Waals surface area contributed by atoms with Crippen molar-refractivity contribution in [3.05, 3.63) is 76.8 Å². The Morgan fingerprint density at radius 3 is 2.67 bits per heavy atom. The number of hydrogen-bond acceptors (Lipinski definition) is 5. The van der Waals surface area contributed by atoms with Crippen molar-refractivity contribution in [2.24, 2.45) is 0 Å². The number of thiazole rings is 1. The van der Waals surface area contributed by atoms with Crippen LogP contribution in [0, 0.1) is 11.3 Å². The second-order valence-electron chi connectivity index (χ2n) is 5.72. The van der Waals surface area contributed by atoms with Gasteiger partial charge in [0.25, 0.3) is 5.91 Å². The van der Waals surface area contributed by atoms with Crippen LogP contribution in [0.3, 0.4) is 0 Å². The lowest BCUT2D eigenvalue weighted by Crippen LogP contribution is -2.14. The van der Waals surface area contributed by atoms with Crippen LogP contribution in [-0.4, -0.2) is 16.8 Å². The molecular formula is C20H16N4O2S. The first kappa shape index (κ1) is 18.3. The molecule has 0 radical (unpaired) electrons. The van der Waals surface area contributed by atoms with Crippen LogP contribution in [0.1, 0.15) is 28.0 Å². The maximum Gasteiger partial charge on any atom is 0.275 e. The summed E-state index contributed by atoms with van der Waals surface area (Å²) in [6, 6.07) is 18.4. The van der Waals surface area contributed by atoms with E-state index in [-0.39, 0.29) is 11.6 Å². The summed E-state index contributed by atoms with van der Waals surface area (Å²) in [6.45, 7) is 0. The van der Waals surface area contributed by atoms with Crippen LogP contribution in [-0.2, 0) is 11.2 Å². The van der Waals surface area contributed by atoms with Crippen molar-refractivity contribution in [1.82, 2.24) is 4.98 Å². The lowest BCUT2D eigenvalue weighted by Gasteiger charge is -2.03. The lowest BCUT2D eigenvalue weighted by atomic mass is 10.1. The molecule has 3 rings (SSSR count). The number of nitrogens with one attached hydrogen (secondary N) is 2. The average Bonchev–Trinajstić information content (AvgIpc) is 3.16. The molecule has 134 valence electrons. The highest BCUT2D eigenvalue weighted by Gasteiger charge is 2.13. The predicted octanol–water partition coefficient (Wildman–Crippen LogP) is 3.84. The fourth-order valence-corrected chi connectivity index (χ4v) is 3.09. The van der Waals surface area contributed by atoms with Gasteiger partial charge in [-0.05, 0) is 30.2 Å². The Hall–Kier alpha value is -3.50. The minimum atomic E-state index is -0.397. The first-order valence-electron chi connectivity index (χ1n) is 8.25. The fourth-order valence-electron chi connectivity index (χ4n) is 2.38. The molecular weight excluding hydrogens is 360 g/mol. The van der Waals surface area contributed by atoms with Gasteiger partial charge in [0.05, 0.1) is 11.6 Å². The van der Waals surface area contributed by atoms with E-state index >= 15 is 0 Å². The van der Waals surface area contributed by atoms with Gasteiger partial charge in [-0.1, -0.05) is 36.4 Å². The zero-order valence-corrected chi connectivity index (χ0v) is 15.1. The van der Waals surface area contributed by atoms with Gasteiger partial charge in [0.15, 0.2) is 5.13 Å². The summed E-state index contributed by atoms with van der Waals surface area (Å²) in [5.74, 6) is -0.548. The maximum absolute atomic E-state index is 12.3. The smallest absolute Gasteiger partial charge is 0.275 e. The van der Waals surface area contributed by atoms with Crippen molar-refractivity contribution in [3.8, 4) is 6.07 Å². The van der Waals surface area contributed by atoms with Gasteiger partial charge in [-0.15, -0.1) is 11.3 Å². The Labute approximate surface area is 160 Å². The molecule has 0 saturated carbocycles. The summed E-state index contributed by atoms with van der Waals surface area (Å²) < 4.78 is 0. The first-order valence-corrected chi connectivity index (χ1v) is 9.13. The van der Waals surface area contributed by atoms with E-state index in [0.717, 1.165) is 5.56 Å². The van der Waals surface area contributed by atoms with Crippen LogP contribution in [0.25, 0.3) is 0 Å². The Morgan fingerprint density at radius 2 is 1.89 bits per heavy atom. The summed E-state index contributed by atoms with van der Waals surface area (Å²) in [5.41, 5.74) is 2.27.